The molecule has 1 amide bonds. The number of aromatic nitrogens is 3. The molecule has 1 heterocycles. The Labute approximate surface area is 201 Å². The predicted octanol–water partition coefficient (Wildman–Crippen LogP) is 3.05. The minimum absolute atomic E-state index is 0.0727. The number of carbonyl (C=O) groups is 1. The van der Waals surface area contributed by atoms with Gasteiger partial charge in [0.05, 0.1) is 23.3 Å². The standard InChI is InChI=1S/C22H35N5O4S2/c1-7-26(8-2)33(29,30)19-11-9-10-18(12-19)21-24-25-22(27(21)17(5)14-31-6)32-15-20(28)23-13-16(3)4/h9-12,16-17H,7-8,13-15H2,1-6H3,(H,23,28). The maximum atomic E-state index is 13.0. The summed E-state index contributed by atoms with van der Waals surface area (Å²) in [7, 11) is -1.99. The lowest BCUT2D eigenvalue weighted by atomic mass is 10.2. The Morgan fingerprint density at radius 3 is 2.52 bits per heavy atom. The SMILES string of the molecule is CCN(CC)S(=O)(=O)c1cccc(-c2nnc(SCC(=O)NCC(C)C)n2C(C)COC)c1. The van der Waals surface area contributed by atoms with Gasteiger partial charge in [0, 0.05) is 32.3 Å². The highest BCUT2D eigenvalue weighted by Gasteiger charge is 2.24. The molecule has 2 rings (SSSR count). The lowest BCUT2D eigenvalue weighted by molar-refractivity contribution is -0.118. The van der Waals surface area contributed by atoms with Crippen LogP contribution >= 0.6 is 11.8 Å². The van der Waals surface area contributed by atoms with Crippen molar-refractivity contribution in [3.8, 4) is 11.4 Å². The molecular formula is C22H35N5O4S2. The summed E-state index contributed by atoms with van der Waals surface area (Å²) in [5, 5.41) is 12.1. The van der Waals surface area contributed by atoms with Crippen molar-refractivity contribution in [1.82, 2.24) is 24.4 Å². The molecule has 0 radical (unpaired) electrons. The van der Waals surface area contributed by atoms with E-state index in [4.69, 9.17) is 4.74 Å². The fourth-order valence-electron chi connectivity index (χ4n) is 3.29. The van der Waals surface area contributed by atoms with Crippen LogP contribution in [0.4, 0.5) is 0 Å². The number of thioether (sulfide) groups is 1. The van der Waals surface area contributed by atoms with Gasteiger partial charge in [-0.2, -0.15) is 4.31 Å². The fraction of sp³-hybridized carbons (Fsp3) is 0.591. The number of hydrogen-bond acceptors (Lipinski definition) is 7. The average molecular weight is 498 g/mol. The Morgan fingerprint density at radius 2 is 1.91 bits per heavy atom. The lowest BCUT2D eigenvalue weighted by Gasteiger charge is -2.20. The molecule has 0 aliphatic carbocycles. The highest BCUT2D eigenvalue weighted by molar-refractivity contribution is 7.99. The first-order valence-electron chi connectivity index (χ1n) is 11.1. The smallest absolute Gasteiger partial charge is 0.243 e. The number of methoxy groups -OCH3 is 1. The number of sulfonamides is 1. The van der Waals surface area contributed by atoms with Crippen molar-refractivity contribution in [3.05, 3.63) is 24.3 Å². The van der Waals surface area contributed by atoms with Crippen LogP contribution in [0.2, 0.25) is 0 Å². The van der Waals surface area contributed by atoms with Crippen molar-refractivity contribution in [1.29, 1.82) is 0 Å². The average Bonchev–Trinajstić information content (AvgIpc) is 3.21. The van der Waals surface area contributed by atoms with E-state index < -0.39 is 10.0 Å². The molecule has 1 unspecified atom stereocenters. The highest BCUT2D eigenvalue weighted by Crippen LogP contribution is 2.29. The van der Waals surface area contributed by atoms with Gasteiger partial charge in [-0.3, -0.25) is 9.36 Å². The maximum Gasteiger partial charge on any atom is 0.243 e. The number of benzene rings is 1. The van der Waals surface area contributed by atoms with Gasteiger partial charge in [0.15, 0.2) is 11.0 Å². The van der Waals surface area contributed by atoms with Crippen LogP contribution < -0.4 is 5.32 Å². The minimum atomic E-state index is -3.61. The van der Waals surface area contributed by atoms with E-state index in [-0.39, 0.29) is 22.6 Å². The molecule has 1 atom stereocenters. The molecular weight excluding hydrogens is 462 g/mol. The third-order valence-corrected chi connectivity index (χ3v) is 7.98. The van der Waals surface area contributed by atoms with E-state index in [1.54, 1.807) is 25.3 Å². The predicted molar refractivity (Wildman–Crippen MR) is 131 cm³/mol. The number of nitrogens with one attached hydrogen (secondary N) is 1. The number of nitrogens with zero attached hydrogens (tertiary/aromatic N) is 4. The van der Waals surface area contributed by atoms with Crippen molar-refractivity contribution in [2.75, 3.05) is 39.1 Å². The van der Waals surface area contributed by atoms with Crippen molar-refractivity contribution in [3.63, 3.8) is 0 Å². The van der Waals surface area contributed by atoms with E-state index in [1.165, 1.54) is 16.1 Å². The Hall–Kier alpha value is -1.95. The molecule has 0 bridgehead atoms. The molecule has 1 aromatic carbocycles. The summed E-state index contributed by atoms with van der Waals surface area (Å²) in [5.74, 6) is 1.04. The number of hydrogen-bond donors (Lipinski definition) is 1. The van der Waals surface area contributed by atoms with Crippen molar-refractivity contribution < 1.29 is 17.9 Å². The number of amides is 1. The van der Waals surface area contributed by atoms with Crippen LogP contribution in [0.1, 0.15) is 40.7 Å². The molecule has 33 heavy (non-hydrogen) atoms. The first-order valence-corrected chi connectivity index (χ1v) is 13.5. The minimum Gasteiger partial charge on any atom is -0.383 e. The third kappa shape index (κ3) is 7.02. The van der Waals surface area contributed by atoms with Gasteiger partial charge in [-0.25, -0.2) is 8.42 Å². The summed E-state index contributed by atoms with van der Waals surface area (Å²) in [6, 6.07) is 6.61. The van der Waals surface area contributed by atoms with Gasteiger partial charge in [-0.15, -0.1) is 10.2 Å². The van der Waals surface area contributed by atoms with Crippen LogP contribution in [0.15, 0.2) is 34.3 Å². The molecule has 184 valence electrons. The quantitative estimate of drug-likeness (QED) is 0.424. The summed E-state index contributed by atoms with van der Waals surface area (Å²) in [6.45, 7) is 11.5. The van der Waals surface area contributed by atoms with Gasteiger partial charge in [-0.05, 0) is 25.0 Å². The van der Waals surface area contributed by atoms with Gasteiger partial charge in [0.1, 0.15) is 0 Å². The van der Waals surface area contributed by atoms with Gasteiger partial charge in [0.25, 0.3) is 0 Å². The first kappa shape index (κ1) is 27.3. The van der Waals surface area contributed by atoms with E-state index in [0.717, 1.165) is 0 Å². The van der Waals surface area contributed by atoms with E-state index in [1.807, 2.05) is 45.3 Å². The highest BCUT2D eigenvalue weighted by atomic mass is 32.2. The van der Waals surface area contributed by atoms with E-state index >= 15 is 0 Å². The van der Waals surface area contributed by atoms with E-state index in [2.05, 4.69) is 15.5 Å². The van der Waals surface area contributed by atoms with Crippen LogP contribution in [0.3, 0.4) is 0 Å². The molecule has 0 aliphatic rings. The van der Waals surface area contributed by atoms with Gasteiger partial charge in [-0.1, -0.05) is 51.6 Å². The zero-order valence-corrected chi connectivity index (χ0v) is 21.9. The molecule has 1 N–H and O–H groups in total. The first-order chi connectivity index (χ1) is 15.6. The van der Waals surface area contributed by atoms with Crippen molar-refractivity contribution >= 4 is 27.7 Å². The summed E-state index contributed by atoms with van der Waals surface area (Å²) in [4.78, 5) is 12.4. The van der Waals surface area contributed by atoms with Gasteiger partial charge < -0.3 is 10.1 Å². The molecule has 0 saturated heterocycles. The Kier molecular flexibility index (Phi) is 10.3. The number of ether oxygens (including phenoxy) is 1. The zero-order valence-electron chi connectivity index (χ0n) is 20.2. The Balaban J connectivity index is 2.40. The van der Waals surface area contributed by atoms with E-state index in [0.29, 0.717) is 48.7 Å². The molecule has 0 saturated carbocycles. The van der Waals surface area contributed by atoms with Gasteiger partial charge in [0.2, 0.25) is 15.9 Å². The Morgan fingerprint density at radius 1 is 1.21 bits per heavy atom. The van der Waals surface area contributed by atoms with Crippen molar-refractivity contribution in [2.45, 2.75) is 50.7 Å². The van der Waals surface area contributed by atoms with E-state index in [9.17, 15) is 13.2 Å². The molecule has 11 heteroatoms. The monoisotopic (exact) mass is 497 g/mol. The number of rotatable bonds is 13. The molecule has 2 aromatic rings. The molecule has 9 nitrogen and oxygen atoms in total. The zero-order chi connectivity index (χ0) is 24.6. The van der Waals surface area contributed by atoms with Crippen molar-refractivity contribution in [2.24, 2.45) is 5.92 Å². The maximum absolute atomic E-state index is 13.0. The fourth-order valence-corrected chi connectivity index (χ4v) is 5.66. The molecule has 0 spiro atoms. The second kappa shape index (κ2) is 12.5. The van der Waals surface area contributed by atoms with Crippen LogP contribution in [0.5, 0.6) is 0 Å². The molecule has 1 aromatic heterocycles. The van der Waals surface area contributed by atoms with Crippen LogP contribution in [0, 0.1) is 5.92 Å². The normalized spacial score (nSPS) is 13.0. The van der Waals surface area contributed by atoms with Gasteiger partial charge >= 0.3 is 0 Å². The topological polar surface area (TPSA) is 106 Å². The Bertz CT molecular complexity index is 1020. The van der Waals surface area contributed by atoms with Crippen LogP contribution in [0.25, 0.3) is 11.4 Å². The summed E-state index contributed by atoms with van der Waals surface area (Å²) in [6.07, 6.45) is 0. The summed E-state index contributed by atoms with van der Waals surface area (Å²) < 4.78 is 34.7. The molecule has 0 aliphatic heterocycles. The lowest BCUT2D eigenvalue weighted by Crippen LogP contribution is -2.30. The van der Waals surface area contributed by atoms with Crippen LogP contribution in [-0.4, -0.2) is 72.5 Å². The third-order valence-electron chi connectivity index (χ3n) is 4.99. The summed E-state index contributed by atoms with van der Waals surface area (Å²) in [5.41, 5.74) is 0.634. The summed E-state index contributed by atoms with van der Waals surface area (Å²) >= 11 is 1.29. The second-order valence-electron chi connectivity index (χ2n) is 8.08. The number of carbonyl (C=O) groups excluding carboxylic acids is 1. The largest absolute Gasteiger partial charge is 0.383 e. The van der Waals surface area contributed by atoms with Crippen LogP contribution in [-0.2, 0) is 19.6 Å². The molecule has 0 fully saturated rings. The second-order valence-corrected chi connectivity index (χ2v) is 11.0.